The van der Waals surface area contributed by atoms with E-state index in [0.717, 1.165) is 24.0 Å². The van der Waals surface area contributed by atoms with Crippen LogP contribution < -0.4 is 5.73 Å². The van der Waals surface area contributed by atoms with Gasteiger partial charge in [0.05, 0.1) is 11.4 Å². The molecule has 3 N–H and O–H groups in total. The van der Waals surface area contributed by atoms with Crippen molar-refractivity contribution in [2.24, 2.45) is 0 Å². The van der Waals surface area contributed by atoms with E-state index in [-0.39, 0.29) is 0 Å². The SMILES string of the molecule is CC(=O)O.Cc1ccc(N)c(C)n1. The van der Waals surface area contributed by atoms with Crippen molar-refractivity contribution in [3.63, 3.8) is 0 Å². The quantitative estimate of drug-likeness (QED) is 0.635. The zero-order valence-electron chi connectivity index (χ0n) is 8.03. The van der Waals surface area contributed by atoms with Gasteiger partial charge in [-0.05, 0) is 26.0 Å². The lowest BCUT2D eigenvalue weighted by Crippen LogP contribution is -1.93. The normalized spacial score (nSPS) is 8.54. The summed E-state index contributed by atoms with van der Waals surface area (Å²) in [5.74, 6) is -0.833. The van der Waals surface area contributed by atoms with E-state index in [1.807, 2.05) is 26.0 Å². The summed E-state index contributed by atoms with van der Waals surface area (Å²) in [7, 11) is 0. The first kappa shape index (κ1) is 11.4. The van der Waals surface area contributed by atoms with Crippen LogP contribution >= 0.6 is 0 Å². The number of aryl methyl sites for hydroxylation is 2. The average Bonchev–Trinajstić information content (AvgIpc) is 1.96. The van der Waals surface area contributed by atoms with Crippen LogP contribution in [0.15, 0.2) is 12.1 Å². The Labute approximate surface area is 77.4 Å². The Bertz CT molecular complexity index is 294. The van der Waals surface area contributed by atoms with Crippen LogP contribution in [0.3, 0.4) is 0 Å². The number of hydrogen-bond donors (Lipinski definition) is 2. The lowest BCUT2D eigenvalue weighted by atomic mass is 10.3. The van der Waals surface area contributed by atoms with Crippen LogP contribution in [0.25, 0.3) is 0 Å². The summed E-state index contributed by atoms with van der Waals surface area (Å²) in [4.78, 5) is 13.1. The van der Waals surface area contributed by atoms with E-state index in [0.29, 0.717) is 0 Å². The van der Waals surface area contributed by atoms with Crippen molar-refractivity contribution in [2.45, 2.75) is 20.8 Å². The predicted molar refractivity (Wildman–Crippen MR) is 51.4 cm³/mol. The van der Waals surface area contributed by atoms with Crippen molar-refractivity contribution in [3.05, 3.63) is 23.5 Å². The molecule has 0 aromatic carbocycles. The van der Waals surface area contributed by atoms with Gasteiger partial charge in [-0.3, -0.25) is 9.78 Å². The minimum atomic E-state index is -0.833. The Morgan fingerprint density at radius 1 is 1.46 bits per heavy atom. The van der Waals surface area contributed by atoms with Crippen LogP contribution in [-0.2, 0) is 4.79 Å². The van der Waals surface area contributed by atoms with Crippen molar-refractivity contribution >= 4 is 11.7 Å². The fraction of sp³-hybridized carbons (Fsp3) is 0.333. The molecule has 0 aliphatic carbocycles. The van der Waals surface area contributed by atoms with Gasteiger partial charge in [-0.15, -0.1) is 0 Å². The number of hydrogen-bond acceptors (Lipinski definition) is 3. The lowest BCUT2D eigenvalue weighted by molar-refractivity contribution is -0.134. The Balaban J connectivity index is 0.000000310. The Morgan fingerprint density at radius 2 is 1.92 bits per heavy atom. The summed E-state index contributed by atoms with van der Waals surface area (Å²) < 4.78 is 0. The molecule has 0 radical (unpaired) electrons. The third-order valence-electron chi connectivity index (χ3n) is 1.27. The van der Waals surface area contributed by atoms with E-state index in [4.69, 9.17) is 15.6 Å². The predicted octanol–water partition coefficient (Wildman–Crippen LogP) is 1.37. The molecule has 1 heterocycles. The third-order valence-corrected chi connectivity index (χ3v) is 1.27. The van der Waals surface area contributed by atoms with Gasteiger partial charge < -0.3 is 10.8 Å². The fourth-order valence-corrected chi connectivity index (χ4v) is 0.697. The monoisotopic (exact) mass is 182 g/mol. The first-order valence-corrected chi connectivity index (χ1v) is 3.82. The van der Waals surface area contributed by atoms with Crippen LogP contribution in [0, 0.1) is 13.8 Å². The molecule has 0 bridgehead atoms. The molecule has 0 saturated carbocycles. The number of aromatic nitrogens is 1. The molecular weight excluding hydrogens is 168 g/mol. The van der Waals surface area contributed by atoms with Crippen LogP contribution in [-0.4, -0.2) is 16.1 Å². The van der Waals surface area contributed by atoms with Crippen molar-refractivity contribution in [1.29, 1.82) is 0 Å². The molecule has 13 heavy (non-hydrogen) atoms. The van der Waals surface area contributed by atoms with Crippen LogP contribution in [0.5, 0.6) is 0 Å². The van der Waals surface area contributed by atoms with Crippen molar-refractivity contribution in [1.82, 2.24) is 4.98 Å². The molecule has 1 rings (SSSR count). The summed E-state index contributed by atoms with van der Waals surface area (Å²) in [6, 6.07) is 3.78. The summed E-state index contributed by atoms with van der Waals surface area (Å²) >= 11 is 0. The van der Waals surface area contributed by atoms with Gasteiger partial charge in [0.1, 0.15) is 0 Å². The molecule has 0 spiro atoms. The number of anilines is 1. The van der Waals surface area contributed by atoms with Crippen molar-refractivity contribution in [3.8, 4) is 0 Å². The van der Waals surface area contributed by atoms with Crippen LogP contribution in [0.2, 0.25) is 0 Å². The van der Waals surface area contributed by atoms with Crippen LogP contribution in [0.4, 0.5) is 5.69 Å². The highest BCUT2D eigenvalue weighted by molar-refractivity contribution is 5.62. The topological polar surface area (TPSA) is 76.2 Å². The zero-order valence-corrected chi connectivity index (χ0v) is 8.03. The molecule has 0 amide bonds. The molecular formula is C9H14N2O2. The molecule has 0 saturated heterocycles. The summed E-state index contributed by atoms with van der Waals surface area (Å²) in [6.45, 7) is 4.94. The second-order valence-corrected chi connectivity index (χ2v) is 2.65. The number of aliphatic carboxylic acids is 1. The standard InChI is InChI=1S/C7H10N2.C2H4O2/c1-5-3-4-7(8)6(2)9-5;1-2(3)4/h3-4H,8H2,1-2H3;1H3,(H,3,4). The first-order valence-electron chi connectivity index (χ1n) is 3.82. The van der Waals surface area contributed by atoms with Gasteiger partial charge >= 0.3 is 0 Å². The smallest absolute Gasteiger partial charge is 0.300 e. The van der Waals surface area contributed by atoms with E-state index < -0.39 is 5.97 Å². The average molecular weight is 182 g/mol. The van der Waals surface area contributed by atoms with Gasteiger partial charge in [-0.2, -0.15) is 0 Å². The maximum atomic E-state index is 9.00. The highest BCUT2D eigenvalue weighted by atomic mass is 16.4. The molecule has 0 aliphatic heterocycles. The van der Waals surface area contributed by atoms with Gasteiger partial charge in [-0.1, -0.05) is 0 Å². The number of nitrogens with zero attached hydrogens (tertiary/aromatic N) is 1. The molecule has 0 atom stereocenters. The molecule has 1 aromatic heterocycles. The Morgan fingerprint density at radius 3 is 2.23 bits per heavy atom. The number of pyridine rings is 1. The maximum absolute atomic E-state index is 9.00. The molecule has 4 heteroatoms. The molecule has 4 nitrogen and oxygen atoms in total. The molecule has 1 aromatic rings. The number of carboxylic acids is 1. The largest absolute Gasteiger partial charge is 0.481 e. The van der Waals surface area contributed by atoms with Gasteiger partial charge in [0.2, 0.25) is 0 Å². The van der Waals surface area contributed by atoms with Gasteiger partial charge in [0.15, 0.2) is 0 Å². The third kappa shape index (κ3) is 5.66. The first-order chi connectivity index (χ1) is 5.93. The van der Waals surface area contributed by atoms with Crippen molar-refractivity contribution < 1.29 is 9.90 Å². The van der Waals surface area contributed by atoms with E-state index >= 15 is 0 Å². The number of nitrogens with two attached hydrogens (primary N) is 1. The summed E-state index contributed by atoms with van der Waals surface area (Å²) in [6.07, 6.45) is 0. The van der Waals surface area contributed by atoms with E-state index in [1.165, 1.54) is 0 Å². The highest BCUT2D eigenvalue weighted by Gasteiger charge is 1.91. The van der Waals surface area contributed by atoms with Gasteiger partial charge in [0, 0.05) is 12.6 Å². The fourth-order valence-electron chi connectivity index (χ4n) is 0.697. The Kier molecular flexibility index (Phi) is 4.51. The second-order valence-electron chi connectivity index (χ2n) is 2.65. The van der Waals surface area contributed by atoms with Gasteiger partial charge in [-0.25, -0.2) is 0 Å². The highest BCUT2D eigenvalue weighted by Crippen LogP contribution is 2.06. The van der Waals surface area contributed by atoms with E-state index in [9.17, 15) is 0 Å². The lowest BCUT2D eigenvalue weighted by Gasteiger charge is -1.97. The summed E-state index contributed by atoms with van der Waals surface area (Å²) in [5, 5.41) is 7.42. The van der Waals surface area contributed by atoms with E-state index in [2.05, 4.69) is 4.98 Å². The minimum Gasteiger partial charge on any atom is -0.481 e. The molecule has 0 fully saturated rings. The van der Waals surface area contributed by atoms with E-state index in [1.54, 1.807) is 0 Å². The van der Waals surface area contributed by atoms with Crippen molar-refractivity contribution in [2.75, 3.05) is 5.73 Å². The second kappa shape index (κ2) is 5.13. The van der Waals surface area contributed by atoms with Crippen LogP contribution in [0.1, 0.15) is 18.3 Å². The number of rotatable bonds is 0. The molecule has 0 aliphatic rings. The molecule has 0 unspecified atom stereocenters. The zero-order chi connectivity index (χ0) is 10.4. The van der Waals surface area contributed by atoms with Gasteiger partial charge in [0.25, 0.3) is 5.97 Å². The maximum Gasteiger partial charge on any atom is 0.300 e. The minimum absolute atomic E-state index is 0.764. The number of nitrogen functional groups attached to an aromatic ring is 1. The number of carboxylic acid groups (broad SMARTS) is 1. The Hall–Kier alpha value is -1.58. The number of carbonyl (C=O) groups is 1. The summed E-state index contributed by atoms with van der Waals surface area (Å²) in [5.41, 5.74) is 8.22. The molecule has 72 valence electrons.